The fourth-order valence-corrected chi connectivity index (χ4v) is 2.70. The lowest BCUT2D eigenvalue weighted by Crippen LogP contribution is -2.30. The Kier molecular flexibility index (Phi) is 6.44. The monoisotopic (exact) mass is 344 g/mol. The Morgan fingerprint density at radius 1 is 1.04 bits per heavy atom. The van der Waals surface area contributed by atoms with Gasteiger partial charge in [0.05, 0.1) is 20.3 Å². The van der Waals surface area contributed by atoms with E-state index in [0.29, 0.717) is 16.6 Å². The number of thiocarbonyl (C=S) groups is 1. The van der Waals surface area contributed by atoms with Gasteiger partial charge in [-0.25, -0.2) is 0 Å². The summed E-state index contributed by atoms with van der Waals surface area (Å²) in [5.74, 6) is 1.35. The normalized spacial score (nSPS) is 11.5. The number of hydrogen-bond donors (Lipinski definition) is 2. The molecule has 0 amide bonds. The van der Waals surface area contributed by atoms with Crippen LogP contribution in [0.1, 0.15) is 31.0 Å². The fourth-order valence-electron chi connectivity index (χ4n) is 2.40. The minimum absolute atomic E-state index is 0.121. The maximum atomic E-state index is 5.41. The van der Waals surface area contributed by atoms with Crippen molar-refractivity contribution in [3.8, 4) is 11.5 Å². The van der Waals surface area contributed by atoms with Crippen LogP contribution in [0.25, 0.3) is 0 Å². The summed E-state index contributed by atoms with van der Waals surface area (Å²) in [7, 11) is 3.23. The Balaban J connectivity index is 1.99. The van der Waals surface area contributed by atoms with E-state index in [9.17, 15) is 0 Å². The molecule has 0 fully saturated rings. The standard InChI is InChI=1S/C19H24N2O2S/c1-5-14-6-8-15(9-7-14)13(2)20-19(24)21-16-10-11-17(22-3)18(12-16)23-4/h6-13H,5H2,1-4H3,(H2,20,21,24). The second-order valence-electron chi connectivity index (χ2n) is 5.49. The number of rotatable bonds is 6. The molecule has 1 unspecified atom stereocenters. The smallest absolute Gasteiger partial charge is 0.171 e. The van der Waals surface area contributed by atoms with Crippen molar-refractivity contribution in [1.29, 1.82) is 0 Å². The van der Waals surface area contributed by atoms with Crippen LogP contribution >= 0.6 is 12.2 Å². The van der Waals surface area contributed by atoms with Crippen LogP contribution in [0.4, 0.5) is 5.69 Å². The lowest BCUT2D eigenvalue weighted by Gasteiger charge is -2.18. The average Bonchev–Trinajstić information content (AvgIpc) is 2.61. The number of nitrogens with one attached hydrogen (secondary N) is 2. The van der Waals surface area contributed by atoms with Gasteiger partial charge in [-0.2, -0.15) is 0 Å². The van der Waals surface area contributed by atoms with Gasteiger partial charge in [-0.1, -0.05) is 31.2 Å². The molecule has 2 N–H and O–H groups in total. The number of benzene rings is 2. The Bertz CT molecular complexity index is 686. The number of ether oxygens (including phenoxy) is 2. The van der Waals surface area contributed by atoms with Crippen molar-refractivity contribution in [2.45, 2.75) is 26.3 Å². The van der Waals surface area contributed by atoms with Gasteiger partial charge in [-0.3, -0.25) is 0 Å². The largest absolute Gasteiger partial charge is 0.493 e. The van der Waals surface area contributed by atoms with Gasteiger partial charge in [0.1, 0.15) is 0 Å². The molecule has 0 saturated heterocycles. The van der Waals surface area contributed by atoms with E-state index in [1.807, 2.05) is 18.2 Å². The first-order valence-electron chi connectivity index (χ1n) is 7.95. The summed E-state index contributed by atoms with van der Waals surface area (Å²) < 4.78 is 10.5. The van der Waals surface area contributed by atoms with Crippen LogP contribution in [0.3, 0.4) is 0 Å². The molecule has 2 aromatic rings. The second-order valence-corrected chi connectivity index (χ2v) is 5.89. The summed E-state index contributed by atoms with van der Waals surface area (Å²) in [5.41, 5.74) is 3.37. The number of hydrogen-bond acceptors (Lipinski definition) is 3. The summed E-state index contributed by atoms with van der Waals surface area (Å²) >= 11 is 5.41. The van der Waals surface area contributed by atoms with Crippen molar-refractivity contribution >= 4 is 23.0 Å². The number of methoxy groups -OCH3 is 2. The Morgan fingerprint density at radius 2 is 1.71 bits per heavy atom. The molecule has 0 aliphatic carbocycles. The Hall–Kier alpha value is -2.27. The van der Waals surface area contributed by atoms with E-state index < -0.39 is 0 Å². The number of anilines is 1. The van der Waals surface area contributed by atoms with E-state index in [0.717, 1.165) is 12.1 Å². The maximum Gasteiger partial charge on any atom is 0.171 e. The van der Waals surface area contributed by atoms with E-state index in [1.165, 1.54) is 11.1 Å². The molecular weight excluding hydrogens is 320 g/mol. The molecular formula is C19H24N2O2S. The van der Waals surface area contributed by atoms with Crippen LogP contribution < -0.4 is 20.1 Å². The SMILES string of the molecule is CCc1ccc(C(C)NC(=S)Nc2ccc(OC)c(OC)c2)cc1. The molecule has 4 nitrogen and oxygen atoms in total. The lowest BCUT2D eigenvalue weighted by atomic mass is 10.1. The van der Waals surface area contributed by atoms with Gasteiger partial charge in [0.25, 0.3) is 0 Å². The maximum absolute atomic E-state index is 5.41. The molecule has 0 saturated carbocycles. The first kappa shape index (κ1) is 18.1. The average molecular weight is 344 g/mol. The Morgan fingerprint density at radius 3 is 2.29 bits per heavy atom. The summed E-state index contributed by atoms with van der Waals surface area (Å²) in [6.07, 6.45) is 1.04. The van der Waals surface area contributed by atoms with Crippen molar-refractivity contribution in [1.82, 2.24) is 5.32 Å². The van der Waals surface area contributed by atoms with E-state index in [2.05, 4.69) is 48.7 Å². The van der Waals surface area contributed by atoms with Crippen LogP contribution in [0.15, 0.2) is 42.5 Å². The van der Waals surface area contributed by atoms with Crippen LogP contribution in [-0.2, 0) is 6.42 Å². The topological polar surface area (TPSA) is 42.5 Å². The van der Waals surface area contributed by atoms with Crippen LogP contribution in [0.5, 0.6) is 11.5 Å². The van der Waals surface area contributed by atoms with Crippen molar-refractivity contribution in [2.75, 3.05) is 19.5 Å². The molecule has 0 spiro atoms. The predicted molar refractivity (Wildman–Crippen MR) is 103 cm³/mol. The zero-order valence-electron chi connectivity index (χ0n) is 14.6. The summed E-state index contributed by atoms with van der Waals surface area (Å²) in [5, 5.41) is 7.04. The summed E-state index contributed by atoms with van der Waals surface area (Å²) in [6.45, 7) is 4.24. The van der Waals surface area contributed by atoms with Crippen molar-refractivity contribution < 1.29 is 9.47 Å². The summed E-state index contributed by atoms with van der Waals surface area (Å²) in [4.78, 5) is 0. The van der Waals surface area contributed by atoms with Crippen molar-refractivity contribution in [3.63, 3.8) is 0 Å². The fraction of sp³-hybridized carbons (Fsp3) is 0.316. The minimum Gasteiger partial charge on any atom is -0.493 e. The van der Waals surface area contributed by atoms with Crippen LogP contribution in [0.2, 0.25) is 0 Å². The van der Waals surface area contributed by atoms with Gasteiger partial charge in [-0.15, -0.1) is 0 Å². The zero-order valence-corrected chi connectivity index (χ0v) is 15.4. The van der Waals surface area contributed by atoms with Crippen LogP contribution in [0, 0.1) is 0 Å². The first-order valence-corrected chi connectivity index (χ1v) is 8.36. The molecule has 5 heteroatoms. The molecule has 2 aromatic carbocycles. The minimum atomic E-state index is 0.121. The second kappa shape index (κ2) is 8.55. The lowest BCUT2D eigenvalue weighted by molar-refractivity contribution is 0.355. The summed E-state index contributed by atoms with van der Waals surface area (Å²) in [6, 6.07) is 14.3. The van der Waals surface area contributed by atoms with E-state index in [-0.39, 0.29) is 6.04 Å². The highest BCUT2D eigenvalue weighted by atomic mass is 32.1. The van der Waals surface area contributed by atoms with Crippen molar-refractivity contribution in [2.24, 2.45) is 0 Å². The Labute approximate surface area is 149 Å². The number of aryl methyl sites for hydroxylation is 1. The van der Waals surface area contributed by atoms with Gasteiger partial charge < -0.3 is 20.1 Å². The van der Waals surface area contributed by atoms with Gasteiger partial charge in [0.2, 0.25) is 0 Å². The highest BCUT2D eigenvalue weighted by Gasteiger charge is 2.09. The van der Waals surface area contributed by atoms with Gasteiger partial charge >= 0.3 is 0 Å². The zero-order chi connectivity index (χ0) is 17.5. The van der Waals surface area contributed by atoms with Gasteiger partial charge in [0.15, 0.2) is 16.6 Å². The molecule has 1 atom stereocenters. The molecule has 0 aromatic heterocycles. The third-order valence-corrected chi connectivity index (χ3v) is 4.10. The van der Waals surface area contributed by atoms with Crippen LogP contribution in [-0.4, -0.2) is 19.3 Å². The van der Waals surface area contributed by atoms with Crippen molar-refractivity contribution in [3.05, 3.63) is 53.6 Å². The molecule has 128 valence electrons. The molecule has 0 aliphatic rings. The molecule has 0 aliphatic heterocycles. The van der Waals surface area contributed by atoms with E-state index in [4.69, 9.17) is 21.7 Å². The van der Waals surface area contributed by atoms with E-state index >= 15 is 0 Å². The third kappa shape index (κ3) is 4.61. The quantitative estimate of drug-likeness (QED) is 0.764. The molecule has 0 heterocycles. The highest BCUT2D eigenvalue weighted by molar-refractivity contribution is 7.80. The first-order chi connectivity index (χ1) is 11.6. The molecule has 2 rings (SSSR count). The highest BCUT2D eigenvalue weighted by Crippen LogP contribution is 2.29. The van der Waals surface area contributed by atoms with E-state index in [1.54, 1.807) is 14.2 Å². The molecule has 0 bridgehead atoms. The van der Waals surface area contributed by atoms with Gasteiger partial charge in [-0.05, 0) is 48.8 Å². The molecule has 24 heavy (non-hydrogen) atoms. The molecule has 0 radical (unpaired) electrons. The third-order valence-electron chi connectivity index (χ3n) is 3.88. The van der Waals surface area contributed by atoms with Gasteiger partial charge in [0, 0.05) is 11.8 Å². The predicted octanol–water partition coefficient (Wildman–Crippen LogP) is 4.31.